The molecule has 1 aliphatic rings. The van der Waals surface area contributed by atoms with E-state index in [1.807, 2.05) is 0 Å². The summed E-state index contributed by atoms with van der Waals surface area (Å²) < 4.78 is 5.44. The van der Waals surface area contributed by atoms with E-state index in [1.165, 1.54) is 24.0 Å². The molecule has 100 valence electrons. The second-order valence-corrected chi connectivity index (χ2v) is 6.32. The van der Waals surface area contributed by atoms with E-state index in [4.69, 9.17) is 10.5 Å². The second kappa shape index (κ2) is 5.02. The molecule has 0 saturated heterocycles. The van der Waals surface area contributed by atoms with Crippen LogP contribution in [0.15, 0.2) is 24.3 Å². The molecule has 0 aliphatic heterocycles. The maximum Gasteiger partial charge on any atom is 0.0625 e. The number of methoxy groups -OCH3 is 1. The molecular formula is C16H25NO. The predicted molar refractivity (Wildman–Crippen MR) is 75.7 cm³/mol. The Balaban J connectivity index is 1.87. The van der Waals surface area contributed by atoms with E-state index in [2.05, 4.69) is 38.1 Å². The zero-order valence-corrected chi connectivity index (χ0v) is 11.8. The van der Waals surface area contributed by atoms with Crippen molar-refractivity contribution in [1.82, 2.24) is 0 Å². The van der Waals surface area contributed by atoms with Gasteiger partial charge in [-0.05, 0) is 57.1 Å². The van der Waals surface area contributed by atoms with E-state index in [9.17, 15) is 0 Å². The van der Waals surface area contributed by atoms with Gasteiger partial charge in [0.05, 0.1) is 5.60 Å². The molecule has 0 bridgehead atoms. The lowest BCUT2D eigenvalue weighted by Crippen LogP contribution is -2.24. The van der Waals surface area contributed by atoms with Crippen LogP contribution in [0.25, 0.3) is 0 Å². The summed E-state index contributed by atoms with van der Waals surface area (Å²) in [5, 5.41) is 0. The second-order valence-electron chi connectivity index (χ2n) is 6.32. The Labute approximate surface area is 111 Å². The number of rotatable bonds is 6. The number of hydrogen-bond donors (Lipinski definition) is 1. The minimum Gasteiger partial charge on any atom is -0.379 e. The zero-order valence-electron chi connectivity index (χ0n) is 11.8. The van der Waals surface area contributed by atoms with Crippen LogP contribution in [0.5, 0.6) is 0 Å². The minimum atomic E-state index is -0.0337. The maximum atomic E-state index is 6.13. The molecule has 0 spiro atoms. The van der Waals surface area contributed by atoms with Gasteiger partial charge in [0.1, 0.15) is 0 Å². The van der Waals surface area contributed by atoms with Crippen LogP contribution in [0.1, 0.15) is 44.2 Å². The standard InChI is InChI=1S/C16H25NO/c1-15(2,18-3)9-8-13-4-6-14(7-5-13)12-16(17)10-11-16/h4-7H,8-12,17H2,1-3H3. The Morgan fingerprint density at radius 2 is 1.72 bits per heavy atom. The average Bonchev–Trinajstić information content (AvgIpc) is 3.06. The Bertz CT molecular complexity index is 390. The van der Waals surface area contributed by atoms with Crippen LogP contribution >= 0.6 is 0 Å². The van der Waals surface area contributed by atoms with Crippen molar-refractivity contribution >= 4 is 0 Å². The largest absolute Gasteiger partial charge is 0.379 e. The Kier molecular flexibility index (Phi) is 3.79. The SMILES string of the molecule is COC(C)(C)CCc1ccc(CC2(N)CC2)cc1. The van der Waals surface area contributed by atoms with Gasteiger partial charge in [-0.25, -0.2) is 0 Å². The molecule has 2 N–H and O–H groups in total. The molecule has 2 nitrogen and oxygen atoms in total. The van der Waals surface area contributed by atoms with Crippen LogP contribution < -0.4 is 5.73 Å². The third-order valence-electron chi connectivity index (χ3n) is 4.04. The highest BCUT2D eigenvalue weighted by atomic mass is 16.5. The number of aryl methyl sites for hydroxylation is 1. The molecule has 1 aromatic rings. The number of benzene rings is 1. The summed E-state index contributed by atoms with van der Waals surface area (Å²) in [4.78, 5) is 0. The first-order valence-corrected chi connectivity index (χ1v) is 6.84. The van der Waals surface area contributed by atoms with Crippen LogP contribution in [-0.4, -0.2) is 18.2 Å². The smallest absolute Gasteiger partial charge is 0.0625 e. The fraction of sp³-hybridized carbons (Fsp3) is 0.625. The highest BCUT2D eigenvalue weighted by molar-refractivity contribution is 5.25. The van der Waals surface area contributed by atoms with Crippen LogP contribution in [0, 0.1) is 0 Å². The molecule has 0 amide bonds. The molecule has 2 heteroatoms. The van der Waals surface area contributed by atoms with Crippen molar-refractivity contribution in [2.75, 3.05) is 7.11 Å². The van der Waals surface area contributed by atoms with Gasteiger partial charge in [-0.2, -0.15) is 0 Å². The molecule has 0 heterocycles. The first-order chi connectivity index (χ1) is 8.42. The molecule has 0 aromatic heterocycles. The lowest BCUT2D eigenvalue weighted by atomic mass is 9.97. The Morgan fingerprint density at radius 3 is 2.22 bits per heavy atom. The van der Waals surface area contributed by atoms with Crippen molar-refractivity contribution in [1.29, 1.82) is 0 Å². The Morgan fingerprint density at radius 1 is 1.17 bits per heavy atom. The summed E-state index contributed by atoms with van der Waals surface area (Å²) in [7, 11) is 1.78. The van der Waals surface area contributed by atoms with Gasteiger partial charge in [0, 0.05) is 12.6 Å². The van der Waals surface area contributed by atoms with Crippen LogP contribution in [-0.2, 0) is 17.6 Å². The first-order valence-electron chi connectivity index (χ1n) is 6.84. The van der Waals surface area contributed by atoms with E-state index >= 15 is 0 Å². The highest BCUT2D eigenvalue weighted by Gasteiger charge is 2.37. The van der Waals surface area contributed by atoms with E-state index in [0.29, 0.717) is 0 Å². The first kappa shape index (κ1) is 13.6. The lowest BCUT2D eigenvalue weighted by Gasteiger charge is -2.22. The molecule has 2 rings (SSSR count). The predicted octanol–water partition coefficient (Wildman–Crippen LogP) is 3.08. The number of hydrogen-bond acceptors (Lipinski definition) is 2. The third kappa shape index (κ3) is 3.82. The monoisotopic (exact) mass is 247 g/mol. The summed E-state index contributed by atoms with van der Waals surface area (Å²) in [5.41, 5.74) is 8.96. The number of ether oxygens (including phenoxy) is 1. The van der Waals surface area contributed by atoms with E-state index in [-0.39, 0.29) is 11.1 Å². The molecule has 1 saturated carbocycles. The maximum absolute atomic E-state index is 6.13. The normalized spacial score (nSPS) is 17.8. The Hall–Kier alpha value is -0.860. The zero-order chi connectivity index (χ0) is 13.2. The fourth-order valence-corrected chi connectivity index (χ4v) is 2.12. The van der Waals surface area contributed by atoms with Gasteiger partial charge in [-0.15, -0.1) is 0 Å². The van der Waals surface area contributed by atoms with Gasteiger partial charge in [-0.3, -0.25) is 0 Å². The molecule has 18 heavy (non-hydrogen) atoms. The van der Waals surface area contributed by atoms with Gasteiger partial charge >= 0.3 is 0 Å². The van der Waals surface area contributed by atoms with Gasteiger partial charge in [0.15, 0.2) is 0 Å². The molecule has 0 radical (unpaired) electrons. The quantitative estimate of drug-likeness (QED) is 0.838. The van der Waals surface area contributed by atoms with Crippen molar-refractivity contribution in [3.8, 4) is 0 Å². The van der Waals surface area contributed by atoms with E-state index in [0.717, 1.165) is 19.3 Å². The van der Waals surface area contributed by atoms with Crippen LogP contribution in [0.2, 0.25) is 0 Å². The number of nitrogens with two attached hydrogens (primary N) is 1. The summed E-state index contributed by atoms with van der Waals surface area (Å²) in [6, 6.07) is 8.91. The van der Waals surface area contributed by atoms with Gasteiger partial charge in [0.25, 0.3) is 0 Å². The van der Waals surface area contributed by atoms with Crippen LogP contribution in [0.4, 0.5) is 0 Å². The van der Waals surface area contributed by atoms with Crippen molar-refractivity contribution < 1.29 is 4.74 Å². The minimum absolute atomic E-state index is 0.0337. The molecule has 1 fully saturated rings. The third-order valence-corrected chi connectivity index (χ3v) is 4.04. The summed E-state index contributed by atoms with van der Waals surface area (Å²) in [5.74, 6) is 0. The molecular weight excluding hydrogens is 222 g/mol. The van der Waals surface area contributed by atoms with E-state index < -0.39 is 0 Å². The van der Waals surface area contributed by atoms with Gasteiger partial charge in [-0.1, -0.05) is 24.3 Å². The highest BCUT2D eigenvalue weighted by Crippen LogP contribution is 2.35. The molecule has 1 aromatic carbocycles. The summed E-state index contributed by atoms with van der Waals surface area (Å²) in [6.07, 6.45) is 5.49. The van der Waals surface area contributed by atoms with Crippen molar-refractivity contribution in [3.63, 3.8) is 0 Å². The summed E-state index contributed by atoms with van der Waals surface area (Å²) >= 11 is 0. The van der Waals surface area contributed by atoms with Crippen LogP contribution in [0.3, 0.4) is 0 Å². The molecule has 0 unspecified atom stereocenters. The van der Waals surface area contributed by atoms with Gasteiger partial charge < -0.3 is 10.5 Å². The average molecular weight is 247 g/mol. The lowest BCUT2D eigenvalue weighted by molar-refractivity contribution is 0.0158. The van der Waals surface area contributed by atoms with Crippen molar-refractivity contribution in [2.45, 2.75) is 57.1 Å². The molecule has 0 atom stereocenters. The molecule has 1 aliphatic carbocycles. The van der Waals surface area contributed by atoms with Crippen molar-refractivity contribution in [2.24, 2.45) is 5.73 Å². The van der Waals surface area contributed by atoms with Crippen molar-refractivity contribution in [3.05, 3.63) is 35.4 Å². The fourth-order valence-electron chi connectivity index (χ4n) is 2.12. The van der Waals surface area contributed by atoms with E-state index in [1.54, 1.807) is 7.11 Å². The summed E-state index contributed by atoms with van der Waals surface area (Å²) in [6.45, 7) is 4.26. The topological polar surface area (TPSA) is 35.2 Å². The van der Waals surface area contributed by atoms with Gasteiger partial charge in [0.2, 0.25) is 0 Å².